The van der Waals surface area contributed by atoms with Crippen LogP contribution in [0.25, 0.3) is 0 Å². The summed E-state index contributed by atoms with van der Waals surface area (Å²) in [7, 11) is 0. The molecule has 0 heterocycles. The van der Waals surface area contributed by atoms with Gasteiger partial charge in [-0.3, -0.25) is 0 Å². The van der Waals surface area contributed by atoms with Gasteiger partial charge < -0.3 is 11.1 Å². The van der Waals surface area contributed by atoms with Crippen molar-refractivity contribution in [1.82, 2.24) is 5.32 Å². The van der Waals surface area contributed by atoms with E-state index in [-0.39, 0.29) is 34.0 Å². The van der Waals surface area contributed by atoms with E-state index < -0.39 is 0 Å². The van der Waals surface area contributed by atoms with Crippen LogP contribution in [0.4, 0.5) is 0 Å². The first kappa shape index (κ1) is 16.8. The molecule has 0 bridgehead atoms. The maximum absolute atomic E-state index is 5.19. The molecule has 3 N–H and O–H groups in total. The molecule has 1 unspecified atom stereocenters. The van der Waals surface area contributed by atoms with Gasteiger partial charge >= 0.3 is 0 Å². The van der Waals surface area contributed by atoms with Gasteiger partial charge in [-0.05, 0) is 6.92 Å². The highest BCUT2D eigenvalue weighted by molar-refractivity contribution is 9.09. The fourth-order valence-electron chi connectivity index (χ4n) is 0.282. The van der Waals surface area contributed by atoms with E-state index in [1.165, 1.54) is 0 Å². The van der Waals surface area contributed by atoms with Gasteiger partial charge in [0.2, 0.25) is 0 Å². The second-order valence-electron chi connectivity index (χ2n) is 1.36. The van der Waals surface area contributed by atoms with Crippen LogP contribution in [0.2, 0.25) is 0 Å². The molecule has 0 rings (SSSR count). The van der Waals surface area contributed by atoms with Crippen molar-refractivity contribution in [2.75, 3.05) is 13.1 Å². The highest BCUT2D eigenvalue weighted by atomic mass is 79.9. The molecular formula is C4H13Br3N2. The Morgan fingerprint density at radius 3 is 2.11 bits per heavy atom. The van der Waals surface area contributed by atoms with E-state index in [0.717, 1.165) is 6.54 Å². The van der Waals surface area contributed by atoms with E-state index in [4.69, 9.17) is 5.73 Å². The van der Waals surface area contributed by atoms with E-state index in [1.54, 1.807) is 0 Å². The maximum atomic E-state index is 5.19. The lowest BCUT2D eigenvalue weighted by molar-refractivity contribution is 0.698. The van der Waals surface area contributed by atoms with Crippen molar-refractivity contribution in [3.8, 4) is 0 Å². The zero-order valence-corrected chi connectivity index (χ0v) is 10.3. The summed E-state index contributed by atoms with van der Waals surface area (Å²) in [5, 5.41) is 3.09. The minimum absolute atomic E-state index is 0. The van der Waals surface area contributed by atoms with E-state index in [1.807, 2.05) is 6.92 Å². The maximum Gasteiger partial charge on any atom is 0.0602 e. The molecule has 0 aliphatic heterocycles. The van der Waals surface area contributed by atoms with Gasteiger partial charge in [0.25, 0.3) is 0 Å². The van der Waals surface area contributed by atoms with E-state index in [0.29, 0.717) is 11.5 Å². The second-order valence-corrected chi connectivity index (χ2v) is 2.73. The number of halogens is 3. The molecule has 0 aliphatic rings. The van der Waals surface area contributed by atoms with E-state index in [9.17, 15) is 0 Å². The fourth-order valence-corrected chi connectivity index (χ4v) is 0.511. The molecule has 1 atom stereocenters. The minimum Gasteiger partial charge on any atom is -0.329 e. The SMILES string of the molecule is Br.Br.CC(Br)NCCN. The van der Waals surface area contributed by atoms with Crippen LogP contribution in [0, 0.1) is 0 Å². The van der Waals surface area contributed by atoms with Crippen molar-refractivity contribution in [3.05, 3.63) is 0 Å². The third kappa shape index (κ3) is 17.6. The summed E-state index contributed by atoms with van der Waals surface area (Å²) >= 11 is 3.31. The smallest absolute Gasteiger partial charge is 0.0602 e. The summed E-state index contributed by atoms with van der Waals surface area (Å²) in [6.07, 6.45) is 0. The lowest BCUT2D eigenvalue weighted by atomic mass is 10.6. The Bertz CT molecular complexity index is 42.8. The summed E-state index contributed by atoms with van der Waals surface area (Å²) < 4.78 is 0. The molecule has 5 heteroatoms. The van der Waals surface area contributed by atoms with Gasteiger partial charge in [0.05, 0.1) is 4.95 Å². The standard InChI is InChI=1S/C4H11BrN2.2BrH/c1-4(5)7-3-2-6;;/h4,7H,2-3,6H2,1H3;2*1H. The van der Waals surface area contributed by atoms with Crippen LogP contribution in [-0.4, -0.2) is 18.0 Å². The fraction of sp³-hybridized carbons (Fsp3) is 1.00. The Morgan fingerprint density at radius 2 is 2.00 bits per heavy atom. The lowest BCUT2D eigenvalue weighted by Gasteiger charge is -2.01. The predicted octanol–water partition coefficient (Wildman–Crippen LogP) is 1.43. The van der Waals surface area contributed by atoms with Gasteiger partial charge in [-0.2, -0.15) is 0 Å². The Labute approximate surface area is 85.6 Å². The van der Waals surface area contributed by atoms with Gasteiger partial charge in [0.1, 0.15) is 0 Å². The third-order valence-corrected chi connectivity index (χ3v) is 0.894. The number of hydrogen-bond donors (Lipinski definition) is 2. The molecule has 0 aromatic rings. The molecule has 2 nitrogen and oxygen atoms in total. The monoisotopic (exact) mass is 326 g/mol. The molecule has 0 aromatic carbocycles. The Hall–Kier alpha value is 1.36. The van der Waals surface area contributed by atoms with E-state index in [2.05, 4.69) is 21.2 Å². The van der Waals surface area contributed by atoms with Crippen molar-refractivity contribution in [2.45, 2.75) is 11.9 Å². The summed E-state index contributed by atoms with van der Waals surface area (Å²) in [5.74, 6) is 0. The largest absolute Gasteiger partial charge is 0.329 e. The van der Waals surface area contributed by atoms with Crippen LogP contribution in [0.1, 0.15) is 6.92 Å². The topological polar surface area (TPSA) is 38.0 Å². The number of nitrogens with two attached hydrogens (primary N) is 1. The normalized spacial score (nSPS) is 11.0. The van der Waals surface area contributed by atoms with Crippen LogP contribution < -0.4 is 11.1 Å². The Balaban J connectivity index is -0.000000180. The van der Waals surface area contributed by atoms with Gasteiger partial charge in [0, 0.05) is 13.1 Å². The molecule has 0 spiro atoms. The number of hydrogen-bond acceptors (Lipinski definition) is 2. The molecule has 0 fully saturated rings. The summed E-state index contributed by atoms with van der Waals surface area (Å²) in [6, 6.07) is 0. The first-order valence-corrected chi connectivity index (χ1v) is 3.26. The summed E-state index contributed by atoms with van der Waals surface area (Å²) in [5.41, 5.74) is 5.19. The first-order chi connectivity index (χ1) is 3.27. The zero-order chi connectivity index (χ0) is 5.70. The van der Waals surface area contributed by atoms with Crippen molar-refractivity contribution < 1.29 is 0 Å². The Kier molecular flexibility index (Phi) is 22.5. The van der Waals surface area contributed by atoms with Crippen LogP contribution in [0.15, 0.2) is 0 Å². The van der Waals surface area contributed by atoms with Crippen LogP contribution in [0.5, 0.6) is 0 Å². The molecule has 9 heavy (non-hydrogen) atoms. The van der Waals surface area contributed by atoms with Crippen LogP contribution in [0.3, 0.4) is 0 Å². The highest BCUT2D eigenvalue weighted by Gasteiger charge is 1.87. The molecule has 60 valence electrons. The van der Waals surface area contributed by atoms with Crippen molar-refractivity contribution in [3.63, 3.8) is 0 Å². The lowest BCUT2D eigenvalue weighted by Crippen LogP contribution is -2.26. The van der Waals surface area contributed by atoms with Crippen molar-refractivity contribution in [2.24, 2.45) is 5.73 Å². The third-order valence-electron chi connectivity index (χ3n) is 0.570. The van der Waals surface area contributed by atoms with Crippen LogP contribution in [-0.2, 0) is 0 Å². The Morgan fingerprint density at radius 1 is 1.56 bits per heavy atom. The average Bonchev–Trinajstić information content (AvgIpc) is 1.61. The highest BCUT2D eigenvalue weighted by Crippen LogP contribution is 1.87. The second kappa shape index (κ2) is 12.1. The summed E-state index contributed by atoms with van der Waals surface area (Å²) in [6.45, 7) is 3.61. The van der Waals surface area contributed by atoms with E-state index >= 15 is 0 Å². The molecule has 0 saturated carbocycles. The van der Waals surface area contributed by atoms with Gasteiger partial charge in [-0.1, -0.05) is 15.9 Å². The molecule has 0 amide bonds. The molecule has 0 radical (unpaired) electrons. The van der Waals surface area contributed by atoms with Crippen molar-refractivity contribution >= 4 is 49.9 Å². The number of alkyl halides is 1. The summed E-state index contributed by atoms with van der Waals surface area (Å²) in [4.78, 5) is 0.385. The molecule has 0 aliphatic carbocycles. The number of nitrogens with one attached hydrogen (secondary N) is 1. The zero-order valence-electron chi connectivity index (χ0n) is 5.26. The first-order valence-electron chi connectivity index (χ1n) is 2.35. The van der Waals surface area contributed by atoms with Crippen molar-refractivity contribution in [1.29, 1.82) is 0 Å². The predicted molar refractivity (Wildman–Crippen MR) is 56.1 cm³/mol. The van der Waals surface area contributed by atoms with Gasteiger partial charge in [-0.15, -0.1) is 34.0 Å². The molecule has 0 saturated heterocycles. The quantitative estimate of drug-likeness (QED) is 0.607. The number of rotatable bonds is 3. The molecular weight excluding hydrogens is 316 g/mol. The van der Waals surface area contributed by atoms with Crippen LogP contribution >= 0.6 is 49.9 Å². The average molecular weight is 329 g/mol. The molecule has 0 aromatic heterocycles. The van der Waals surface area contributed by atoms with Gasteiger partial charge in [0.15, 0.2) is 0 Å². The van der Waals surface area contributed by atoms with Gasteiger partial charge in [-0.25, -0.2) is 0 Å². The minimum atomic E-state index is 0.